The predicted molar refractivity (Wildman–Crippen MR) is 106 cm³/mol. The molecule has 2 saturated heterocycles. The van der Waals surface area contributed by atoms with Crippen molar-refractivity contribution < 1.29 is 9.59 Å². The van der Waals surface area contributed by atoms with Crippen molar-refractivity contribution in [1.82, 2.24) is 10.2 Å². The highest BCUT2D eigenvalue weighted by molar-refractivity contribution is 7.99. The minimum atomic E-state index is -0.367. The van der Waals surface area contributed by atoms with Gasteiger partial charge in [0.15, 0.2) is 0 Å². The molecule has 3 aliphatic rings. The predicted octanol–water partition coefficient (Wildman–Crippen LogP) is 2.59. The number of anilines is 1. The van der Waals surface area contributed by atoms with Crippen molar-refractivity contribution in [2.24, 2.45) is 0 Å². The Hall–Kier alpha value is -1.53. The summed E-state index contributed by atoms with van der Waals surface area (Å²) in [6, 6.07) is 8.60. The molecule has 0 bridgehead atoms. The Labute approximate surface area is 159 Å². The average molecular weight is 374 g/mol. The van der Waals surface area contributed by atoms with Gasteiger partial charge in [-0.1, -0.05) is 18.2 Å². The molecule has 4 rings (SSSR count). The Bertz CT molecular complexity index is 667. The molecule has 2 N–H and O–H groups in total. The Morgan fingerprint density at radius 2 is 1.85 bits per heavy atom. The van der Waals surface area contributed by atoms with E-state index < -0.39 is 0 Å². The summed E-state index contributed by atoms with van der Waals surface area (Å²) in [4.78, 5) is 27.4. The molecule has 2 amide bonds. The van der Waals surface area contributed by atoms with Gasteiger partial charge in [-0.15, -0.1) is 0 Å². The van der Waals surface area contributed by atoms with Crippen LogP contribution in [0.15, 0.2) is 24.3 Å². The van der Waals surface area contributed by atoms with E-state index in [2.05, 4.69) is 27.3 Å². The van der Waals surface area contributed by atoms with Crippen molar-refractivity contribution in [2.45, 2.75) is 50.1 Å². The van der Waals surface area contributed by atoms with Crippen LogP contribution in [-0.2, 0) is 9.59 Å². The van der Waals surface area contributed by atoms with E-state index in [9.17, 15) is 9.59 Å². The number of nitrogens with zero attached hydrogens (tertiary/aromatic N) is 1. The standard InChI is InChI=1S/C20H27N3O2S/c24-19-13-17(16-3-1-2-4-18(16)22-19)20(25)21-14-5-9-23(10-6-14)15-7-11-26-12-8-15/h1-4,14-15,17H,5-13H2,(H,21,25)(H,22,24)/t17-/m0/s1. The molecule has 1 aromatic carbocycles. The Balaban J connectivity index is 1.34. The number of hydrogen-bond donors (Lipinski definition) is 2. The van der Waals surface area contributed by atoms with E-state index >= 15 is 0 Å². The minimum Gasteiger partial charge on any atom is -0.353 e. The van der Waals surface area contributed by atoms with Crippen LogP contribution in [-0.4, -0.2) is 53.4 Å². The number of rotatable bonds is 3. The zero-order valence-corrected chi connectivity index (χ0v) is 15.9. The third-order valence-electron chi connectivity index (χ3n) is 5.90. The first kappa shape index (κ1) is 17.9. The molecular weight excluding hydrogens is 346 g/mol. The average Bonchev–Trinajstić information content (AvgIpc) is 2.68. The largest absolute Gasteiger partial charge is 0.353 e. The molecule has 2 fully saturated rings. The lowest BCUT2D eigenvalue weighted by molar-refractivity contribution is -0.127. The summed E-state index contributed by atoms with van der Waals surface area (Å²) in [7, 11) is 0. The minimum absolute atomic E-state index is 0.000170. The third-order valence-corrected chi connectivity index (χ3v) is 6.95. The number of nitrogens with one attached hydrogen (secondary N) is 2. The van der Waals surface area contributed by atoms with Crippen LogP contribution in [0.4, 0.5) is 5.69 Å². The molecule has 0 radical (unpaired) electrons. The number of amides is 2. The van der Waals surface area contributed by atoms with Crippen molar-refractivity contribution >= 4 is 29.3 Å². The van der Waals surface area contributed by atoms with Gasteiger partial charge in [-0.3, -0.25) is 9.59 Å². The number of fused-ring (bicyclic) bond motifs is 1. The smallest absolute Gasteiger partial charge is 0.228 e. The number of benzene rings is 1. The normalized spacial score (nSPS) is 25.4. The molecule has 3 heterocycles. The van der Waals surface area contributed by atoms with Crippen LogP contribution in [0.3, 0.4) is 0 Å². The first-order valence-corrected chi connectivity index (χ1v) is 10.9. The summed E-state index contributed by atoms with van der Waals surface area (Å²) < 4.78 is 0. The van der Waals surface area contributed by atoms with Crippen LogP contribution in [0.25, 0.3) is 0 Å². The zero-order chi connectivity index (χ0) is 17.9. The van der Waals surface area contributed by atoms with Gasteiger partial charge in [-0.25, -0.2) is 0 Å². The highest BCUT2D eigenvalue weighted by atomic mass is 32.2. The van der Waals surface area contributed by atoms with Crippen molar-refractivity contribution in [2.75, 3.05) is 29.9 Å². The first-order valence-electron chi connectivity index (χ1n) is 9.71. The molecule has 0 unspecified atom stereocenters. The second-order valence-electron chi connectivity index (χ2n) is 7.55. The van der Waals surface area contributed by atoms with Crippen molar-refractivity contribution in [3.05, 3.63) is 29.8 Å². The summed E-state index contributed by atoms with van der Waals surface area (Å²) in [6.45, 7) is 2.14. The maximum Gasteiger partial charge on any atom is 0.228 e. The fraction of sp³-hybridized carbons (Fsp3) is 0.600. The van der Waals surface area contributed by atoms with E-state index in [0.29, 0.717) is 0 Å². The maximum absolute atomic E-state index is 12.9. The van der Waals surface area contributed by atoms with Gasteiger partial charge in [0, 0.05) is 37.3 Å². The van der Waals surface area contributed by atoms with E-state index in [1.807, 2.05) is 24.3 Å². The summed E-state index contributed by atoms with van der Waals surface area (Å²) in [6.07, 6.45) is 4.86. The van der Waals surface area contributed by atoms with Gasteiger partial charge in [0.25, 0.3) is 0 Å². The lowest BCUT2D eigenvalue weighted by Crippen LogP contribution is -2.49. The van der Waals surface area contributed by atoms with Crippen LogP contribution in [0, 0.1) is 0 Å². The summed E-state index contributed by atoms with van der Waals surface area (Å²) in [5, 5.41) is 6.09. The van der Waals surface area contributed by atoms with Crippen LogP contribution < -0.4 is 10.6 Å². The molecule has 0 aromatic heterocycles. The molecule has 0 saturated carbocycles. The van der Waals surface area contributed by atoms with Gasteiger partial charge in [-0.2, -0.15) is 11.8 Å². The molecule has 140 valence electrons. The SMILES string of the molecule is O=C1C[C@H](C(=O)NC2CCN(C3CCSCC3)CC2)c2ccccc2N1. The monoisotopic (exact) mass is 373 g/mol. The molecule has 3 aliphatic heterocycles. The second-order valence-corrected chi connectivity index (χ2v) is 8.78. The molecule has 1 atom stereocenters. The van der Waals surface area contributed by atoms with E-state index in [1.54, 1.807) is 0 Å². The van der Waals surface area contributed by atoms with Gasteiger partial charge in [0.2, 0.25) is 11.8 Å². The van der Waals surface area contributed by atoms with Gasteiger partial charge < -0.3 is 15.5 Å². The van der Waals surface area contributed by atoms with Crippen molar-refractivity contribution in [3.63, 3.8) is 0 Å². The lowest BCUT2D eigenvalue weighted by Gasteiger charge is -2.39. The Kier molecular flexibility index (Phi) is 5.50. The highest BCUT2D eigenvalue weighted by Gasteiger charge is 2.33. The summed E-state index contributed by atoms with van der Waals surface area (Å²) in [5.74, 6) is 2.12. The van der Waals surface area contributed by atoms with Crippen LogP contribution in [0.5, 0.6) is 0 Å². The Morgan fingerprint density at radius 3 is 2.62 bits per heavy atom. The molecule has 6 heteroatoms. The van der Waals surface area contributed by atoms with E-state index in [0.717, 1.165) is 43.2 Å². The second kappa shape index (κ2) is 8.01. The van der Waals surface area contributed by atoms with Crippen molar-refractivity contribution in [1.29, 1.82) is 0 Å². The maximum atomic E-state index is 12.9. The van der Waals surface area contributed by atoms with Gasteiger partial charge in [-0.05, 0) is 48.8 Å². The van der Waals surface area contributed by atoms with E-state index in [1.165, 1.54) is 24.3 Å². The molecule has 0 spiro atoms. The summed E-state index contributed by atoms with van der Waals surface area (Å²) >= 11 is 2.07. The number of para-hydroxylation sites is 1. The number of carbonyl (C=O) groups excluding carboxylic acids is 2. The number of thioether (sulfide) groups is 1. The summed E-state index contributed by atoms with van der Waals surface area (Å²) in [5.41, 5.74) is 1.70. The molecule has 5 nitrogen and oxygen atoms in total. The van der Waals surface area contributed by atoms with Gasteiger partial charge in [0.05, 0.1) is 5.92 Å². The lowest BCUT2D eigenvalue weighted by atomic mass is 9.89. The fourth-order valence-electron chi connectivity index (χ4n) is 4.41. The number of carbonyl (C=O) groups is 2. The topological polar surface area (TPSA) is 61.4 Å². The quantitative estimate of drug-likeness (QED) is 0.855. The number of likely N-dealkylation sites (tertiary alicyclic amines) is 1. The first-order chi connectivity index (χ1) is 12.7. The van der Waals surface area contributed by atoms with E-state index in [-0.39, 0.29) is 30.2 Å². The fourth-order valence-corrected chi connectivity index (χ4v) is 5.49. The molecule has 26 heavy (non-hydrogen) atoms. The zero-order valence-electron chi connectivity index (χ0n) is 15.1. The molecule has 1 aromatic rings. The molecule has 0 aliphatic carbocycles. The molecular formula is C20H27N3O2S. The van der Waals surface area contributed by atoms with Crippen LogP contribution >= 0.6 is 11.8 Å². The number of hydrogen-bond acceptors (Lipinski definition) is 4. The van der Waals surface area contributed by atoms with Crippen molar-refractivity contribution in [3.8, 4) is 0 Å². The van der Waals surface area contributed by atoms with Gasteiger partial charge >= 0.3 is 0 Å². The van der Waals surface area contributed by atoms with Crippen LogP contribution in [0.2, 0.25) is 0 Å². The third kappa shape index (κ3) is 3.91. The van der Waals surface area contributed by atoms with Crippen LogP contribution in [0.1, 0.15) is 43.6 Å². The van der Waals surface area contributed by atoms with E-state index in [4.69, 9.17) is 0 Å². The highest BCUT2D eigenvalue weighted by Crippen LogP contribution is 2.32. The Morgan fingerprint density at radius 1 is 1.12 bits per heavy atom. The van der Waals surface area contributed by atoms with Gasteiger partial charge in [0.1, 0.15) is 0 Å². The number of piperidine rings is 1.